The van der Waals surface area contributed by atoms with E-state index in [4.69, 9.17) is 11.5 Å². The number of carbonyl (C=O) groups is 3. The van der Waals surface area contributed by atoms with E-state index in [1.54, 1.807) is 11.5 Å². The molecule has 19 heteroatoms. The number of anilines is 2. The molecule has 8 N–H and O–H groups in total. The summed E-state index contributed by atoms with van der Waals surface area (Å²) in [5.74, 6) is -2.55. The maximum Gasteiger partial charge on any atom is 0.352 e. The lowest BCUT2D eigenvalue weighted by Gasteiger charge is -2.49. The standard InChI is InChI=1S/C18H15N11O5S3/c19-10-6-3-21-26-11(6)25-18(23-10)35-2-1-5-4-36-15-8(14(31)29(15)9(5)16(32)33)22-13(30)7(27-34)12-24-17(20)37-28-12/h1-3,8,15,34H,4H2,(H,22,30)(H,32,33)(H2,20,24,28)(H3,19,21,23,25,26)/b2-1+,27-7?/t8-,15-/m1/s1. The monoisotopic (exact) mass is 561 g/mol. The predicted molar refractivity (Wildman–Crippen MR) is 133 cm³/mol. The van der Waals surface area contributed by atoms with Gasteiger partial charge in [-0.25, -0.2) is 14.8 Å². The molecule has 2 aliphatic heterocycles. The Bertz CT molecular complexity index is 1530. The first-order valence-electron chi connectivity index (χ1n) is 10.1. The van der Waals surface area contributed by atoms with Crippen LogP contribution in [0.25, 0.3) is 11.0 Å². The first-order chi connectivity index (χ1) is 17.8. The molecule has 2 amide bonds. The molecule has 5 heterocycles. The third-order valence-electron chi connectivity index (χ3n) is 5.22. The summed E-state index contributed by atoms with van der Waals surface area (Å²) in [6.07, 6.45) is 3.07. The molecule has 2 atom stereocenters. The zero-order valence-corrected chi connectivity index (χ0v) is 20.7. The molecule has 2 aliphatic rings. The van der Waals surface area contributed by atoms with Crippen molar-refractivity contribution >= 4 is 80.5 Å². The number of amides is 2. The van der Waals surface area contributed by atoms with Crippen molar-refractivity contribution in [1.82, 2.24) is 39.7 Å². The molecule has 0 aliphatic carbocycles. The van der Waals surface area contributed by atoms with Crippen LogP contribution in [0.4, 0.5) is 10.9 Å². The molecule has 1 fully saturated rings. The molecule has 0 bridgehead atoms. The fourth-order valence-electron chi connectivity index (χ4n) is 3.57. The fourth-order valence-corrected chi connectivity index (χ4v) is 5.97. The average Bonchev–Trinajstić information content (AvgIpc) is 3.52. The molecule has 16 nitrogen and oxygen atoms in total. The van der Waals surface area contributed by atoms with Crippen LogP contribution in [-0.2, 0) is 14.4 Å². The van der Waals surface area contributed by atoms with E-state index in [0.717, 1.165) is 28.2 Å². The number of fused-ring (bicyclic) bond motifs is 2. The molecule has 3 aromatic heterocycles. The molecular formula is C18H15N11O5S3. The molecule has 0 unspecified atom stereocenters. The van der Waals surface area contributed by atoms with Crippen molar-refractivity contribution in [3.05, 3.63) is 34.8 Å². The molecule has 5 rings (SSSR count). The SMILES string of the molecule is Nc1nc(C(=NO)C(=O)N[C@@H]2C(=O)N3C(C(=O)O)=C(/C=C/Sc4nc(N)c5cn[nH]c5n4)CS[C@H]23)ns1. The summed E-state index contributed by atoms with van der Waals surface area (Å²) in [5, 5.41) is 32.9. The zero-order chi connectivity index (χ0) is 26.3. The molecule has 37 heavy (non-hydrogen) atoms. The van der Waals surface area contributed by atoms with Gasteiger partial charge in [-0.05, 0) is 17.1 Å². The summed E-state index contributed by atoms with van der Waals surface area (Å²) in [6, 6.07) is -1.04. The van der Waals surface area contributed by atoms with E-state index < -0.39 is 34.9 Å². The number of nitrogen functional groups attached to an aromatic ring is 2. The number of carbonyl (C=O) groups excluding carboxylic acids is 2. The van der Waals surface area contributed by atoms with Gasteiger partial charge in [-0.3, -0.25) is 19.6 Å². The predicted octanol–water partition coefficient (Wildman–Crippen LogP) is -0.408. The summed E-state index contributed by atoms with van der Waals surface area (Å²) in [5.41, 5.74) is 11.5. The van der Waals surface area contributed by atoms with E-state index in [-0.39, 0.29) is 28.2 Å². The van der Waals surface area contributed by atoms with Crippen LogP contribution >= 0.6 is 35.1 Å². The Morgan fingerprint density at radius 2 is 2.14 bits per heavy atom. The second kappa shape index (κ2) is 9.67. The molecule has 190 valence electrons. The van der Waals surface area contributed by atoms with E-state index in [2.05, 4.69) is 40.0 Å². The number of nitrogens with two attached hydrogens (primary N) is 2. The van der Waals surface area contributed by atoms with E-state index in [0.29, 0.717) is 21.8 Å². The Labute approximate surface area is 218 Å². The van der Waals surface area contributed by atoms with Gasteiger partial charge in [-0.2, -0.15) is 14.5 Å². The normalized spacial score (nSPS) is 19.8. The van der Waals surface area contributed by atoms with Crippen molar-refractivity contribution in [2.75, 3.05) is 17.2 Å². The lowest BCUT2D eigenvalue weighted by Crippen LogP contribution is -2.71. The minimum absolute atomic E-state index is 0.0598. The first kappa shape index (κ1) is 24.5. The minimum atomic E-state index is -1.30. The second-order valence-electron chi connectivity index (χ2n) is 7.39. The Kier molecular flexibility index (Phi) is 6.39. The van der Waals surface area contributed by atoms with Gasteiger partial charge in [0, 0.05) is 17.3 Å². The Balaban J connectivity index is 1.31. The summed E-state index contributed by atoms with van der Waals surface area (Å²) < 4.78 is 3.81. The molecular weight excluding hydrogens is 546 g/mol. The Morgan fingerprint density at radius 1 is 1.32 bits per heavy atom. The van der Waals surface area contributed by atoms with Gasteiger partial charge in [0.05, 0.1) is 11.6 Å². The molecule has 0 spiro atoms. The van der Waals surface area contributed by atoms with Crippen LogP contribution < -0.4 is 16.8 Å². The number of thioether (sulfide) groups is 2. The number of rotatable bonds is 7. The van der Waals surface area contributed by atoms with Gasteiger partial charge in [-0.15, -0.1) is 11.8 Å². The lowest BCUT2D eigenvalue weighted by molar-refractivity contribution is -0.150. The number of aliphatic carboxylic acids is 1. The van der Waals surface area contributed by atoms with Gasteiger partial charge >= 0.3 is 5.97 Å². The van der Waals surface area contributed by atoms with Gasteiger partial charge in [-0.1, -0.05) is 16.9 Å². The number of aromatic nitrogens is 6. The van der Waals surface area contributed by atoms with Crippen LogP contribution in [0.5, 0.6) is 0 Å². The fraction of sp³-hybridized carbons (Fsp3) is 0.167. The highest BCUT2D eigenvalue weighted by atomic mass is 32.2. The highest BCUT2D eigenvalue weighted by molar-refractivity contribution is 8.02. The summed E-state index contributed by atoms with van der Waals surface area (Å²) in [4.78, 5) is 50.8. The van der Waals surface area contributed by atoms with Crippen molar-refractivity contribution < 1.29 is 24.7 Å². The number of carboxylic acids is 1. The number of hydrogen-bond acceptors (Lipinski definition) is 15. The molecule has 0 saturated carbocycles. The van der Waals surface area contributed by atoms with Crippen LogP contribution in [0, 0.1) is 0 Å². The third kappa shape index (κ3) is 4.42. The van der Waals surface area contributed by atoms with Gasteiger partial charge in [0.25, 0.3) is 11.8 Å². The van der Waals surface area contributed by atoms with Crippen LogP contribution in [-0.4, -0.2) is 85.4 Å². The smallest absolute Gasteiger partial charge is 0.352 e. The minimum Gasteiger partial charge on any atom is -0.477 e. The molecule has 0 radical (unpaired) electrons. The highest BCUT2D eigenvalue weighted by Gasteiger charge is 2.54. The van der Waals surface area contributed by atoms with Crippen molar-refractivity contribution in [3.63, 3.8) is 0 Å². The number of H-pyrrole nitrogens is 1. The van der Waals surface area contributed by atoms with Gasteiger partial charge in [0.1, 0.15) is 22.9 Å². The second-order valence-corrected chi connectivity index (χ2v) is 10.2. The zero-order valence-electron chi connectivity index (χ0n) is 18.2. The van der Waals surface area contributed by atoms with Crippen LogP contribution in [0.15, 0.2) is 39.3 Å². The van der Waals surface area contributed by atoms with Crippen LogP contribution in [0.2, 0.25) is 0 Å². The van der Waals surface area contributed by atoms with Crippen LogP contribution in [0.3, 0.4) is 0 Å². The number of hydrogen-bond donors (Lipinski definition) is 6. The number of nitrogens with zero attached hydrogens (tertiary/aromatic N) is 7. The highest BCUT2D eigenvalue weighted by Crippen LogP contribution is 2.41. The van der Waals surface area contributed by atoms with Crippen molar-refractivity contribution in [2.24, 2.45) is 5.16 Å². The molecule has 1 saturated heterocycles. The number of carboxylic acid groups (broad SMARTS) is 1. The van der Waals surface area contributed by atoms with E-state index in [1.807, 2.05) is 0 Å². The largest absolute Gasteiger partial charge is 0.477 e. The summed E-state index contributed by atoms with van der Waals surface area (Å²) in [6.45, 7) is 0. The van der Waals surface area contributed by atoms with Crippen LogP contribution in [0.1, 0.15) is 5.82 Å². The maximum absolute atomic E-state index is 12.9. The number of oxime groups is 1. The average molecular weight is 562 g/mol. The number of nitrogens with one attached hydrogen (secondary N) is 2. The van der Waals surface area contributed by atoms with E-state index in [9.17, 15) is 24.7 Å². The quantitative estimate of drug-likeness (QED) is 0.0536. The van der Waals surface area contributed by atoms with Crippen molar-refractivity contribution in [1.29, 1.82) is 0 Å². The Morgan fingerprint density at radius 3 is 2.84 bits per heavy atom. The third-order valence-corrected chi connectivity index (χ3v) is 7.73. The van der Waals surface area contributed by atoms with Gasteiger partial charge < -0.3 is 27.1 Å². The summed E-state index contributed by atoms with van der Waals surface area (Å²) in [7, 11) is 0. The van der Waals surface area contributed by atoms with Crippen molar-refractivity contribution in [2.45, 2.75) is 16.6 Å². The molecule has 3 aromatic rings. The Hall–Kier alpha value is -4.23. The topological polar surface area (TPSA) is 252 Å². The van der Waals surface area contributed by atoms with Gasteiger partial charge in [0.15, 0.2) is 15.9 Å². The first-order valence-corrected chi connectivity index (χ1v) is 12.8. The lowest BCUT2D eigenvalue weighted by atomic mass is 10.0. The van der Waals surface area contributed by atoms with Crippen molar-refractivity contribution in [3.8, 4) is 0 Å². The summed E-state index contributed by atoms with van der Waals surface area (Å²) >= 11 is 3.17. The number of β-lactam (4-membered cyclic amide) rings is 1. The van der Waals surface area contributed by atoms with E-state index >= 15 is 0 Å². The van der Waals surface area contributed by atoms with E-state index in [1.165, 1.54) is 18.0 Å². The maximum atomic E-state index is 12.9. The van der Waals surface area contributed by atoms with Gasteiger partial charge in [0.2, 0.25) is 11.5 Å². The number of allylic oxidation sites excluding steroid dienone is 1. The number of aromatic amines is 1. The molecule has 0 aromatic carbocycles.